The van der Waals surface area contributed by atoms with Crippen molar-refractivity contribution >= 4 is 23.4 Å². The van der Waals surface area contributed by atoms with E-state index in [1.54, 1.807) is 6.07 Å². The first-order valence-electron chi connectivity index (χ1n) is 11.5. The maximum absolute atomic E-state index is 12.7. The zero-order valence-electron chi connectivity index (χ0n) is 19.5. The lowest BCUT2D eigenvalue weighted by Gasteiger charge is -2.18. The van der Waals surface area contributed by atoms with Crippen LogP contribution >= 0.6 is 0 Å². The average Bonchev–Trinajstić information content (AvgIpc) is 3.57. The lowest BCUT2D eigenvalue weighted by atomic mass is 10.1. The number of aromatic nitrogens is 2. The molecule has 1 atom stereocenters. The van der Waals surface area contributed by atoms with Crippen LogP contribution in [0.4, 0.5) is 5.69 Å². The van der Waals surface area contributed by atoms with Gasteiger partial charge in [-0.15, -0.1) is 0 Å². The van der Waals surface area contributed by atoms with Crippen LogP contribution in [0.3, 0.4) is 0 Å². The second-order valence-electron chi connectivity index (χ2n) is 8.22. The van der Waals surface area contributed by atoms with E-state index in [9.17, 15) is 14.4 Å². The molecule has 10 nitrogen and oxygen atoms in total. The SMILES string of the molecule is CNC(=O)c1ccc(C(=O)NCCc2ocnc2CNC(=O)C2CCN(c3ccccc3)C2)cn1. The van der Waals surface area contributed by atoms with Crippen molar-refractivity contribution < 1.29 is 18.8 Å². The highest BCUT2D eigenvalue weighted by atomic mass is 16.3. The van der Waals surface area contributed by atoms with E-state index in [2.05, 4.69) is 43.0 Å². The second-order valence-corrected chi connectivity index (χ2v) is 8.22. The number of nitrogens with one attached hydrogen (secondary N) is 3. The lowest BCUT2D eigenvalue weighted by molar-refractivity contribution is -0.124. The average molecular weight is 477 g/mol. The summed E-state index contributed by atoms with van der Waals surface area (Å²) in [5.74, 6) is -0.0921. The molecule has 1 aromatic carbocycles. The fourth-order valence-electron chi connectivity index (χ4n) is 3.99. The van der Waals surface area contributed by atoms with Gasteiger partial charge in [0.1, 0.15) is 17.1 Å². The van der Waals surface area contributed by atoms with Gasteiger partial charge >= 0.3 is 0 Å². The Balaban J connectivity index is 1.22. The van der Waals surface area contributed by atoms with E-state index < -0.39 is 0 Å². The summed E-state index contributed by atoms with van der Waals surface area (Å²) in [4.78, 5) is 47.0. The van der Waals surface area contributed by atoms with Gasteiger partial charge < -0.3 is 25.3 Å². The minimum absolute atomic E-state index is 0.00149. The monoisotopic (exact) mass is 476 g/mol. The lowest BCUT2D eigenvalue weighted by Crippen LogP contribution is -2.33. The standard InChI is InChI=1S/C25H28N6O4/c1-26-25(34)20-8-7-17(13-28-20)23(32)27-11-9-22-21(30-16-35-22)14-29-24(33)18-10-12-31(15-18)19-5-3-2-4-6-19/h2-8,13,16,18H,9-12,14-15H2,1H3,(H,26,34)(H,27,32)(H,29,33). The molecule has 0 aliphatic carbocycles. The molecule has 182 valence electrons. The van der Waals surface area contributed by atoms with Gasteiger partial charge in [0.05, 0.1) is 18.0 Å². The summed E-state index contributed by atoms with van der Waals surface area (Å²) in [5.41, 5.74) is 2.36. The first-order chi connectivity index (χ1) is 17.0. The van der Waals surface area contributed by atoms with Crippen molar-refractivity contribution in [3.05, 3.63) is 77.8 Å². The largest absolute Gasteiger partial charge is 0.448 e. The molecule has 35 heavy (non-hydrogen) atoms. The number of benzene rings is 1. The van der Waals surface area contributed by atoms with Crippen LogP contribution in [0.15, 0.2) is 59.5 Å². The van der Waals surface area contributed by atoms with Gasteiger partial charge in [0.15, 0.2) is 6.39 Å². The van der Waals surface area contributed by atoms with Crippen LogP contribution in [0.1, 0.15) is 38.7 Å². The Labute approximate surface area is 203 Å². The third kappa shape index (κ3) is 6.03. The zero-order chi connectivity index (χ0) is 24.6. The third-order valence-corrected chi connectivity index (χ3v) is 5.96. The van der Waals surface area contributed by atoms with Gasteiger partial charge in [-0.05, 0) is 30.7 Å². The van der Waals surface area contributed by atoms with Crippen molar-refractivity contribution in [2.24, 2.45) is 5.92 Å². The van der Waals surface area contributed by atoms with E-state index in [1.165, 1.54) is 25.7 Å². The molecule has 1 unspecified atom stereocenters. The molecule has 3 heterocycles. The molecule has 1 aliphatic heterocycles. The maximum atomic E-state index is 12.7. The molecule has 4 rings (SSSR count). The Hall–Kier alpha value is -4.21. The zero-order valence-corrected chi connectivity index (χ0v) is 19.5. The van der Waals surface area contributed by atoms with E-state index in [4.69, 9.17) is 4.42 Å². The van der Waals surface area contributed by atoms with Gasteiger partial charge in [0.2, 0.25) is 5.91 Å². The number of oxazole rings is 1. The fourth-order valence-corrected chi connectivity index (χ4v) is 3.99. The smallest absolute Gasteiger partial charge is 0.269 e. The van der Waals surface area contributed by atoms with Gasteiger partial charge in [-0.1, -0.05) is 18.2 Å². The summed E-state index contributed by atoms with van der Waals surface area (Å²) in [6.45, 7) is 2.12. The molecule has 2 aromatic heterocycles. The summed E-state index contributed by atoms with van der Waals surface area (Å²) in [5, 5.41) is 8.24. The molecule has 3 aromatic rings. The molecule has 1 fully saturated rings. The number of nitrogens with zero attached hydrogens (tertiary/aromatic N) is 3. The summed E-state index contributed by atoms with van der Waals surface area (Å²) in [6, 6.07) is 13.1. The van der Waals surface area contributed by atoms with Crippen LogP contribution in [0.25, 0.3) is 0 Å². The Morgan fingerprint density at radius 2 is 1.89 bits per heavy atom. The second kappa shape index (κ2) is 11.3. The van der Waals surface area contributed by atoms with Crippen molar-refractivity contribution in [3.8, 4) is 0 Å². The Morgan fingerprint density at radius 1 is 1.06 bits per heavy atom. The van der Waals surface area contributed by atoms with Gasteiger partial charge in [-0.2, -0.15) is 0 Å². The summed E-state index contributed by atoms with van der Waals surface area (Å²) in [7, 11) is 1.52. The molecule has 1 aliphatic rings. The number of rotatable bonds is 9. The van der Waals surface area contributed by atoms with Crippen molar-refractivity contribution in [2.45, 2.75) is 19.4 Å². The molecular formula is C25H28N6O4. The molecule has 0 bridgehead atoms. The Bertz CT molecular complexity index is 1160. The predicted octanol–water partition coefficient (Wildman–Crippen LogP) is 1.54. The third-order valence-electron chi connectivity index (χ3n) is 5.96. The first kappa shape index (κ1) is 23.9. The van der Waals surface area contributed by atoms with Crippen LogP contribution < -0.4 is 20.9 Å². The van der Waals surface area contributed by atoms with E-state index in [1.807, 2.05) is 18.2 Å². The predicted molar refractivity (Wildman–Crippen MR) is 129 cm³/mol. The van der Waals surface area contributed by atoms with Crippen LogP contribution in [-0.2, 0) is 17.8 Å². The minimum Gasteiger partial charge on any atom is -0.448 e. The normalized spacial score (nSPS) is 15.0. The molecule has 3 amide bonds. The van der Waals surface area contributed by atoms with Crippen LogP contribution in [0, 0.1) is 5.92 Å². The number of anilines is 1. The van der Waals surface area contributed by atoms with E-state index >= 15 is 0 Å². The summed E-state index contributed by atoms with van der Waals surface area (Å²) < 4.78 is 5.46. The quantitative estimate of drug-likeness (QED) is 0.427. The Morgan fingerprint density at radius 3 is 2.63 bits per heavy atom. The number of para-hydroxylation sites is 1. The number of amides is 3. The van der Waals surface area contributed by atoms with Crippen LogP contribution in [0.2, 0.25) is 0 Å². The highest BCUT2D eigenvalue weighted by Gasteiger charge is 2.28. The van der Waals surface area contributed by atoms with Crippen molar-refractivity contribution in [1.29, 1.82) is 0 Å². The van der Waals surface area contributed by atoms with Crippen molar-refractivity contribution in [2.75, 3.05) is 31.6 Å². The number of pyridine rings is 1. The van der Waals surface area contributed by atoms with Crippen molar-refractivity contribution in [1.82, 2.24) is 25.9 Å². The first-order valence-corrected chi connectivity index (χ1v) is 11.5. The van der Waals surface area contributed by atoms with Gasteiger partial charge in [-0.3, -0.25) is 19.4 Å². The minimum atomic E-state index is -0.316. The number of carbonyl (C=O) groups excluding carboxylic acids is 3. The number of hydrogen-bond donors (Lipinski definition) is 3. The number of hydrogen-bond acceptors (Lipinski definition) is 7. The maximum Gasteiger partial charge on any atom is 0.269 e. The van der Waals surface area contributed by atoms with Gasteiger partial charge in [-0.25, -0.2) is 4.98 Å². The fraction of sp³-hybridized carbons (Fsp3) is 0.320. The van der Waals surface area contributed by atoms with Crippen LogP contribution in [-0.4, -0.2) is 54.4 Å². The van der Waals surface area contributed by atoms with E-state index in [-0.39, 0.29) is 35.9 Å². The van der Waals surface area contributed by atoms with Gasteiger partial charge in [0, 0.05) is 45.0 Å². The molecule has 1 saturated heterocycles. The molecule has 10 heteroatoms. The molecular weight excluding hydrogens is 448 g/mol. The molecule has 3 N–H and O–H groups in total. The number of carbonyl (C=O) groups is 3. The van der Waals surface area contributed by atoms with Crippen molar-refractivity contribution in [3.63, 3.8) is 0 Å². The Kier molecular flexibility index (Phi) is 7.71. The van der Waals surface area contributed by atoms with Crippen LogP contribution in [0.5, 0.6) is 0 Å². The van der Waals surface area contributed by atoms with E-state index in [0.29, 0.717) is 36.5 Å². The van der Waals surface area contributed by atoms with E-state index in [0.717, 1.165) is 18.7 Å². The topological polar surface area (TPSA) is 129 Å². The highest BCUT2D eigenvalue weighted by Crippen LogP contribution is 2.23. The molecule has 0 saturated carbocycles. The molecule has 0 radical (unpaired) electrons. The van der Waals surface area contributed by atoms with Gasteiger partial charge in [0.25, 0.3) is 11.8 Å². The summed E-state index contributed by atoms with van der Waals surface area (Å²) >= 11 is 0. The molecule has 0 spiro atoms. The highest BCUT2D eigenvalue weighted by molar-refractivity contribution is 5.96. The summed E-state index contributed by atoms with van der Waals surface area (Å²) in [6.07, 6.45) is 3.92.